The molecule has 1 rings (SSSR count). The lowest BCUT2D eigenvalue weighted by Gasteiger charge is -2.10. The van der Waals surface area contributed by atoms with Crippen molar-refractivity contribution >= 4 is 9.84 Å². The molecule has 7 heteroatoms. The van der Waals surface area contributed by atoms with Crippen LogP contribution in [-0.4, -0.2) is 20.2 Å². The molecule has 2 N–H and O–H groups in total. The maximum absolute atomic E-state index is 12.5. The molecule has 0 aliphatic heterocycles. The quantitative estimate of drug-likeness (QED) is 0.822. The summed E-state index contributed by atoms with van der Waals surface area (Å²) in [5.74, 6) is -0.166. The maximum atomic E-state index is 12.5. The molecule has 0 saturated carbocycles. The molecule has 114 valence electrons. The van der Waals surface area contributed by atoms with Crippen LogP contribution in [0.15, 0.2) is 29.2 Å². The van der Waals surface area contributed by atoms with Gasteiger partial charge >= 0.3 is 6.18 Å². The summed E-state index contributed by atoms with van der Waals surface area (Å²) in [5.41, 5.74) is 4.60. The van der Waals surface area contributed by atoms with Crippen molar-refractivity contribution in [3.8, 4) is 0 Å². The van der Waals surface area contributed by atoms with Crippen molar-refractivity contribution in [2.45, 2.75) is 43.3 Å². The number of alkyl halides is 3. The van der Waals surface area contributed by atoms with Crippen LogP contribution in [0.5, 0.6) is 0 Å². The summed E-state index contributed by atoms with van der Waals surface area (Å²) < 4.78 is 61.5. The summed E-state index contributed by atoms with van der Waals surface area (Å²) in [6, 6.07) is 3.83. The third-order valence-corrected chi connectivity index (χ3v) is 4.64. The number of rotatable bonds is 6. The van der Waals surface area contributed by atoms with Gasteiger partial charge < -0.3 is 5.73 Å². The van der Waals surface area contributed by atoms with Gasteiger partial charge in [0.2, 0.25) is 0 Å². The molecule has 0 aliphatic carbocycles. The highest BCUT2D eigenvalue weighted by atomic mass is 32.2. The SMILES string of the molecule is CC(N)CCCCS(=O)(=O)c1cccc(C(F)(F)F)c1. The molecule has 0 amide bonds. The van der Waals surface area contributed by atoms with Crippen molar-refractivity contribution in [3.63, 3.8) is 0 Å². The summed E-state index contributed by atoms with van der Waals surface area (Å²) in [6.07, 6.45) is -2.82. The van der Waals surface area contributed by atoms with Crippen molar-refractivity contribution in [3.05, 3.63) is 29.8 Å². The van der Waals surface area contributed by atoms with Gasteiger partial charge in [0.1, 0.15) is 0 Å². The molecule has 0 spiro atoms. The minimum absolute atomic E-state index is 0.00809. The van der Waals surface area contributed by atoms with E-state index in [1.54, 1.807) is 0 Å². The minimum Gasteiger partial charge on any atom is -0.328 e. The maximum Gasteiger partial charge on any atom is 0.416 e. The number of halogens is 3. The van der Waals surface area contributed by atoms with Gasteiger partial charge in [-0.15, -0.1) is 0 Å². The summed E-state index contributed by atoms with van der Waals surface area (Å²) >= 11 is 0. The predicted molar refractivity (Wildman–Crippen MR) is 71.0 cm³/mol. The van der Waals surface area contributed by atoms with Gasteiger partial charge in [-0.1, -0.05) is 12.5 Å². The number of nitrogens with two attached hydrogens (primary N) is 1. The molecule has 0 saturated heterocycles. The Bertz CT molecular complexity index is 539. The summed E-state index contributed by atoms with van der Waals surface area (Å²) in [5, 5.41) is 0. The molecule has 0 aliphatic rings. The van der Waals surface area contributed by atoms with E-state index in [-0.39, 0.29) is 16.7 Å². The zero-order valence-corrected chi connectivity index (χ0v) is 12.0. The Kier molecular flexibility index (Phi) is 5.59. The second kappa shape index (κ2) is 6.58. The predicted octanol–water partition coefficient (Wildman–Crippen LogP) is 3.00. The van der Waals surface area contributed by atoms with Crippen LogP contribution in [0, 0.1) is 0 Å². The fraction of sp³-hybridized carbons (Fsp3) is 0.538. The topological polar surface area (TPSA) is 60.2 Å². The lowest BCUT2D eigenvalue weighted by Crippen LogP contribution is -2.15. The van der Waals surface area contributed by atoms with E-state index in [0.717, 1.165) is 12.1 Å². The summed E-state index contributed by atoms with van der Waals surface area (Å²) in [4.78, 5) is -0.284. The van der Waals surface area contributed by atoms with E-state index in [4.69, 9.17) is 5.73 Å². The zero-order chi connectivity index (χ0) is 15.4. The Balaban J connectivity index is 2.78. The monoisotopic (exact) mass is 309 g/mol. The molecular weight excluding hydrogens is 291 g/mol. The van der Waals surface area contributed by atoms with Crippen LogP contribution in [0.4, 0.5) is 13.2 Å². The lowest BCUT2D eigenvalue weighted by molar-refractivity contribution is -0.137. The van der Waals surface area contributed by atoms with E-state index < -0.39 is 21.6 Å². The average Bonchev–Trinajstić information content (AvgIpc) is 2.34. The third kappa shape index (κ3) is 5.13. The second-order valence-electron chi connectivity index (χ2n) is 4.82. The van der Waals surface area contributed by atoms with Crippen LogP contribution < -0.4 is 5.73 Å². The van der Waals surface area contributed by atoms with Crippen LogP contribution in [0.3, 0.4) is 0 Å². The largest absolute Gasteiger partial charge is 0.416 e. The molecule has 0 fully saturated rings. The molecular formula is C13H18F3NO2S. The fourth-order valence-corrected chi connectivity index (χ4v) is 3.15. The first kappa shape index (κ1) is 17.0. The van der Waals surface area contributed by atoms with Gasteiger partial charge in [-0.25, -0.2) is 8.42 Å². The van der Waals surface area contributed by atoms with Crippen LogP contribution in [0.2, 0.25) is 0 Å². The Morgan fingerprint density at radius 3 is 2.45 bits per heavy atom. The summed E-state index contributed by atoms with van der Waals surface area (Å²) in [6.45, 7) is 1.82. The third-order valence-electron chi connectivity index (χ3n) is 2.84. The van der Waals surface area contributed by atoms with E-state index in [2.05, 4.69) is 0 Å². The van der Waals surface area contributed by atoms with Gasteiger partial charge in [0.25, 0.3) is 0 Å². The van der Waals surface area contributed by atoms with Gasteiger partial charge in [0.15, 0.2) is 9.84 Å². The number of hydrogen-bond donors (Lipinski definition) is 1. The second-order valence-corrected chi connectivity index (χ2v) is 6.93. The van der Waals surface area contributed by atoms with Crippen molar-refractivity contribution in [2.75, 3.05) is 5.75 Å². The number of unbranched alkanes of at least 4 members (excludes halogenated alkanes) is 1. The molecule has 1 aromatic rings. The molecule has 0 radical (unpaired) electrons. The molecule has 3 nitrogen and oxygen atoms in total. The zero-order valence-electron chi connectivity index (χ0n) is 11.2. The molecule has 0 aromatic heterocycles. The first-order chi connectivity index (χ1) is 9.13. The summed E-state index contributed by atoms with van der Waals surface area (Å²) in [7, 11) is -3.68. The van der Waals surface area contributed by atoms with E-state index in [1.165, 1.54) is 6.07 Å². The van der Waals surface area contributed by atoms with Gasteiger partial charge in [0, 0.05) is 6.04 Å². The van der Waals surface area contributed by atoms with Gasteiger partial charge in [-0.3, -0.25) is 0 Å². The van der Waals surface area contributed by atoms with E-state index in [0.29, 0.717) is 25.3 Å². The molecule has 0 heterocycles. The highest BCUT2D eigenvalue weighted by molar-refractivity contribution is 7.91. The van der Waals surface area contributed by atoms with Crippen LogP contribution in [0.1, 0.15) is 31.7 Å². The molecule has 20 heavy (non-hydrogen) atoms. The normalized spacial score (nSPS) is 14.2. The number of sulfone groups is 1. The number of hydrogen-bond acceptors (Lipinski definition) is 3. The standard InChI is InChI=1S/C13H18F3NO2S/c1-10(17)5-2-3-8-20(18,19)12-7-4-6-11(9-12)13(14,15)16/h4,6-7,9-10H,2-3,5,8,17H2,1H3. The molecule has 0 bridgehead atoms. The number of benzene rings is 1. The van der Waals surface area contributed by atoms with E-state index >= 15 is 0 Å². The highest BCUT2D eigenvalue weighted by Gasteiger charge is 2.31. The minimum atomic E-state index is -4.54. The molecule has 1 unspecified atom stereocenters. The Morgan fingerprint density at radius 1 is 1.25 bits per heavy atom. The van der Waals surface area contributed by atoms with Crippen LogP contribution in [0.25, 0.3) is 0 Å². The Hall–Kier alpha value is -1.08. The first-order valence-corrected chi connectivity index (χ1v) is 7.94. The fourth-order valence-electron chi connectivity index (χ4n) is 1.74. The van der Waals surface area contributed by atoms with Gasteiger partial charge in [0.05, 0.1) is 16.2 Å². The first-order valence-electron chi connectivity index (χ1n) is 6.28. The smallest absolute Gasteiger partial charge is 0.328 e. The average molecular weight is 309 g/mol. The van der Waals surface area contributed by atoms with E-state index in [1.807, 2.05) is 6.92 Å². The van der Waals surface area contributed by atoms with Crippen molar-refractivity contribution in [2.24, 2.45) is 5.73 Å². The van der Waals surface area contributed by atoms with Crippen molar-refractivity contribution in [1.29, 1.82) is 0 Å². The Labute approximate surface area is 116 Å². The van der Waals surface area contributed by atoms with Crippen LogP contribution >= 0.6 is 0 Å². The Morgan fingerprint density at radius 2 is 1.90 bits per heavy atom. The van der Waals surface area contributed by atoms with Crippen molar-refractivity contribution < 1.29 is 21.6 Å². The molecule has 1 aromatic carbocycles. The van der Waals surface area contributed by atoms with Gasteiger partial charge in [-0.05, 0) is 38.0 Å². The van der Waals surface area contributed by atoms with Gasteiger partial charge in [-0.2, -0.15) is 13.2 Å². The highest BCUT2D eigenvalue weighted by Crippen LogP contribution is 2.30. The van der Waals surface area contributed by atoms with Crippen LogP contribution in [-0.2, 0) is 16.0 Å². The lowest BCUT2D eigenvalue weighted by atomic mass is 10.2. The van der Waals surface area contributed by atoms with E-state index in [9.17, 15) is 21.6 Å². The van der Waals surface area contributed by atoms with Crippen molar-refractivity contribution in [1.82, 2.24) is 0 Å². The molecule has 1 atom stereocenters.